The van der Waals surface area contributed by atoms with E-state index in [0.29, 0.717) is 13.1 Å². The predicted octanol–water partition coefficient (Wildman–Crippen LogP) is -2.87. The number of rotatable bonds is 0. The van der Waals surface area contributed by atoms with Gasteiger partial charge in [-0.15, -0.1) is 0 Å². The van der Waals surface area contributed by atoms with Crippen LogP contribution in [-0.4, -0.2) is 68.9 Å². The Bertz CT molecular complexity index is 170. The zero-order valence-electron chi connectivity index (χ0n) is 6.54. The highest BCUT2D eigenvalue weighted by atomic mass is 16.4. The molecule has 0 bridgehead atoms. The number of fused-ring (bicyclic) bond motifs is 1. The third-order valence-corrected chi connectivity index (χ3v) is 2.75. The van der Waals surface area contributed by atoms with Crippen molar-refractivity contribution in [2.45, 2.75) is 30.5 Å². The molecular formula is C7H13NO4. The first-order valence-electron chi connectivity index (χ1n) is 4.07. The Morgan fingerprint density at radius 3 is 1.58 bits per heavy atom. The van der Waals surface area contributed by atoms with Crippen molar-refractivity contribution in [1.29, 1.82) is 0 Å². The fourth-order valence-corrected chi connectivity index (χ4v) is 2.10. The van der Waals surface area contributed by atoms with Crippen molar-refractivity contribution in [2.75, 3.05) is 13.1 Å². The van der Waals surface area contributed by atoms with E-state index >= 15 is 0 Å². The number of hydrogen-bond donors (Lipinski definition) is 4. The quantitative estimate of drug-likeness (QED) is 0.318. The molecule has 2 aliphatic heterocycles. The first-order chi connectivity index (χ1) is 5.61. The maximum atomic E-state index is 9.39. The fraction of sp³-hybridized carbons (Fsp3) is 1.00. The summed E-state index contributed by atoms with van der Waals surface area (Å²) in [6.45, 7) is 0.667. The van der Waals surface area contributed by atoms with Gasteiger partial charge < -0.3 is 20.4 Å². The average Bonchev–Trinajstić information content (AvgIpc) is 2.40. The molecule has 0 aromatic heterocycles. The van der Waals surface area contributed by atoms with Crippen molar-refractivity contribution >= 4 is 0 Å². The van der Waals surface area contributed by atoms with Crippen LogP contribution in [0.3, 0.4) is 0 Å². The van der Waals surface area contributed by atoms with E-state index in [1.165, 1.54) is 0 Å². The summed E-state index contributed by atoms with van der Waals surface area (Å²) in [6.07, 6.45) is -3.46. The molecule has 5 nitrogen and oxygen atoms in total. The van der Waals surface area contributed by atoms with Gasteiger partial charge in [0.15, 0.2) is 0 Å². The van der Waals surface area contributed by atoms with Gasteiger partial charge in [0.2, 0.25) is 0 Å². The van der Waals surface area contributed by atoms with Crippen molar-refractivity contribution in [3.8, 4) is 0 Å². The van der Waals surface area contributed by atoms with Crippen LogP contribution in [0.5, 0.6) is 0 Å². The molecule has 2 aliphatic rings. The Labute approximate surface area is 69.9 Å². The molecule has 0 saturated carbocycles. The first-order valence-corrected chi connectivity index (χ1v) is 4.07. The van der Waals surface area contributed by atoms with Crippen LogP contribution in [-0.2, 0) is 0 Å². The van der Waals surface area contributed by atoms with E-state index in [2.05, 4.69) is 0 Å². The second-order valence-electron chi connectivity index (χ2n) is 3.56. The van der Waals surface area contributed by atoms with Crippen LogP contribution in [0.2, 0.25) is 0 Å². The molecule has 2 saturated heterocycles. The smallest absolute Gasteiger partial charge is 0.0992 e. The zero-order chi connectivity index (χ0) is 8.88. The van der Waals surface area contributed by atoms with Crippen LogP contribution in [0.25, 0.3) is 0 Å². The van der Waals surface area contributed by atoms with Gasteiger partial charge in [0.1, 0.15) is 0 Å². The standard InChI is InChI=1S/C7H13NO4/c9-3-1-8-2-4(10)7(12)5(8)6(3)11/h3-7,9-12H,1-2H2/t3-,4+,5?,6+,7-. The van der Waals surface area contributed by atoms with Gasteiger partial charge in [-0.2, -0.15) is 0 Å². The monoisotopic (exact) mass is 175 g/mol. The molecule has 0 aromatic rings. The van der Waals surface area contributed by atoms with Crippen LogP contribution < -0.4 is 0 Å². The van der Waals surface area contributed by atoms with E-state index in [4.69, 9.17) is 0 Å². The van der Waals surface area contributed by atoms with E-state index in [1.807, 2.05) is 0 Å². The van der Waals surface area contributed by atoms with E-state index in [0.717, 1.165) is 0 Å². The lowest BCUT2D eigenvalue weighted by molar-refractivity contribution is -0.0206. The molecule has 12 heavy (non-hydrogen) atoms. The highest BCUT2D eigenvalue weighted by Gasteiger charge is 2.51. The number of aliphatic hydroxyl groups is 4. The molecule has 5 atom stereocenters. The SMILES string of the molecule is O[C@@H]1CN2C[C@H](O)[C@@H](O)C2[C@H]1O. The maximum absolute atomic E-state index is 9.39. The molecule has 2 rings (SSSR count). The summed E-state index contributed by atoms with van der Waals surface area (Å²) in [7, 11) is 0. The van der Waals surface area contributed by atoms with E-state index < -0.39 is 30.5 Å². The minimum absolute atomic E-state index is 0.333. The lowest BCUT2D eigenvalue weighted by atomic mass is 10.0. The highest BCUT2D eigenvalue weighted by molar-refractivity contribution is 5.05. The van der Waals surface area contributed by atoms with Crippen molar-refractivity contribution in [3.63, 3.8) is 0 Å². The summed E-state index contributed by atoms with van der Waals surface area (Å²) in [5.41, 5.74) is 0. The van der Waals surface area contributed by atoms with Crippen LogP contribution in [0.15, 0.2) is 0 Å². The Morgan fingerprint density at radius 1 is 0.833 bits per heavy atom. The van der Waals surface area contributed by atoms with Crippen molar-refractivity contribution in [2.24, 2.45) is 0 Å². The molecule has 1 unspecified atom stereocenters. The highest BCUT2D eigenvalue weighted by Crippen LogP contribution is 2.28. The fourth-order valence-electron chi connectivity index (χ4n) is 2.10. The summed E-state index contributed by atoms with van der Waals surface area (Å²) in [4.78, 5) is 1.71. The molecule has 70 valence electrons. The zero-order valence-corrected chi connectivity index (χ0v) is 6.54. The van der Waals surface area contributed by atoms with Gasteiger partial charge in [-0.1, -0.05) is 0 Å². The topological polar surface area (TPSA) is 84.2 Å². The molecule has 0 amide bonds. The van der Waals surface area contributed by atoms with E-state index in [1.54, 1.807) is 4.90 Å². The second-order valence-corrected chi connectivity index (χ2v) is 3.56. The van der Waals surface area contributed by atoms with Gasteiger partial charge in [0, 0.05) is 13.1 Å². The largest absolute Gasteiger partial charge is 0.389 e. The summed E-state index contributed by atoms with van der Waals surface area (Å²) >= 11 is 0. The van der Waals surface area contributed by atoms with Gasteiger partial charge in [0.25, 0.3) is 0 Å². The predicted molar refractivity (Wildman–Crippen MR) is 39.4 cm³/mol. The first kappa shape index (κ1) is 8.40. The lowest BCUT2D eigenvalue weighted by Gasteiger charge is -2.19. The molecule has 0 radical (unpaired) electrons. The molecular weight excluding hydrogens is 162 g/mol. The Hall–Kier alpha value is -0.200. The molecule has 0 aliphatic carbocycles. The van der Waals surface area contributed by atoms with E-state index in [9.17, 15) is 20.4 Å². The Kier molecular flexibility index (Phi) is 1.85. The molecule has 0 spiro atoms. The Balaban J connectivity index is 2.15. The van der Waals surface area contributed by atoms with Gasteiger partial charge in [-0.05, 0) is 0 Å². The van der Waals surface area contributed by atoms with Gasteiger partial charge in [-0.25, -0.2) is 0 Å². The summed E-state index contributed by atoms with van der Waals surface area (Å²) in [5.74, 6) is 0. The van der Waals surface area contributed by atoms with E-state index in [-0.39, 0.29) is 0 Å². The summed E-state index contributed by atoms with van der Waals surface area (Å²) < 4.78 is 0. The van der Waals surface area contributed by atoms with Gasteiger partial charge >= 0.3 is 0 Å². The molecule has 5 heteroatoms. The van der Waals surface area contributed by atoms with Crippen LogP contribution in [0.4, 0.5) is 0 Å². The second kappa shape index (κ2) is 2.65. The average molecular weight is 175 g/mol. The number of nitrogens with zero attached hydrogens (tertiary/aromatic N) is 1. The van der Waals surface area contributed by atoms with Crippen LogP contribution in [0, 0.1) is 0 Å². The third-order valence-electron chi connectivity index (χ3n) is 2.75. The molecule has 2 fully saturated rings. The third kappa shape index (κ3) is 0.982. The minimum atomic E-state index is -0.933. The summed E-state index contributed by atoms with van der Waals surface area (Å²) in [5, 5.41) is 37.2. The van der Waals surface area contributed by atoms with Crippen LogP contribution in [0.1, 0.15) is 0 Å². The van der Waals surface area contributed by atoms with Crippen molar-refractivity contribution < 1.29 is 20.4 Å². The summed E-state index contributed by atoms with van der Waals surface area (Å²) in [6, 6.07) is -0.491. The normalized spacial score (nSPS) is 54.5. The Morgan fingerprint density at radius 2 is 1.25 bits per heavy atom. The maximum Gasteiger partial charge on any atom is 0.0992 e. The molecule has 0 aromatic carbocycles. The van der Waals surface area contributed by atoms with Crippen molar-refractivity contribution in [1.82, 2.24) is 4.90 Å². The lowest BCUT2D eigenvalue weighted by Crippen LogP contribution is -2.41. The molecule has 4 N–H and O–H groups in total. The van der Waals surface area contributed by atoms with Gasteiger partial charge in [-0.3, -0.25) is 4.90 Å². The van der Waals surface area contributed by atoms with Crippen LogP contribution >= 0.6 is 0 Å². The van der Waals surface area contributed by atoms with Gasteiger partial charge in [0.05, 0.1) is 30.5 Å². The van der Waals surface area contributed by atoms with Crippen molar-refractivity contribution in [3.05, 3.63) is 0 Å². The number of aliphatic hydroxyl groups excluding tert-OH is 4. The molecule has 2 heterocycles. The minimum Gasteiger partial charge on any atom is -0.389 e. The number of hydrogen-bond acceptors (Lipinski definition) is 5.